The van der Waals surface area contributed by atoms with Gasteiger partial charge in [0.05, 0.1) is 10.7 Å². The molecule has 5 heteroatoms. The summed E-state index contributed by atoms with van der Waals surface area (Å²) in [5.74, 6) is -0.213. The van der Waals surface area contributed by atoms with Crippen LogP contribution in [0.25, 0.3) is 0 Å². The number of amides is 1. The van der Waals surface area contributed by atoms with E-state index in [0.29, 0.717) is 16.3 Å². The van der Waals surface area contributed by atoms with E-state index < -0.39 is 0 Å². The van der Waals surface area contributed by atoms with Gasteiger partial charge in [0, 0.05) is 37.2 Å². The van der Waals surface area contributed by atoms with Crippen LogP contribution < -0.4 is 10.2 Å². The van der Waals surface area contributed by atoms with Gasteiger partial charge < -0.3 is 10.2 Å². The first-order chi connectivity index (χ1) is 12.6. The highest BCUT2D eigenvalue weighted by Crippen LogP contribution is 2.30. The number of nitrogens with zero attached hydrogens (tertiary/aromatic N) is 1. The fraction of sp³-hybridized carbons (Fsp3) is 0.333. The third kappa shape index (κ3) is 4.85. The molecule has 3 rings (SSSR count). The molecule has 1 heterocycles. The second kappa shape index (κ2) is 8.86. The largest absolute Gasteiger partial charge is 0.370 e. The summed E-state index contributed by atoms with van der Waals surface area (Å²) < 4.78 is 0. The number of halogens is 1. The third-order valence-corrected chi connectivity index (χ3v) is 4.91. The molecule has 26 heavy (non-hydrogen) atoms. The first kappa shape index (κ1) is 18.5. The normalized spacial score (nSPS) is 14.1. The number of hydrogen-bond donors (Lipinski definition) is 1. The van der Waals surface area contributed by atoms with Crippen molar-refractivity contribution in [3.8, 4) is 0 Å². The highest BCUT2D eigenvalue weighted by Gasteiger charge is 2.15. The van der Waals surface area contributed by atoms with Crippen LogP contribution in [0.4, 0.5) is 11.4 Å². The molecule has 1 aliphatic heterocycles. The number of benzene rings is 2. The number of ketones is 1. The maximum Gasteiger partial charge on any atom is 0.224 e. The lowest BCUT2D eigenvalue weighted by molar-refractivity contribution is -0.116. The lowest BCUT2D eigenvalue weighted by Gasteiger charge is -2.29. The number of rotatable bonds is 6. The first-order valence-corrected chi connectivity index (χ1v) is 9.44. The van der Waals surface area contributed by atoms with E-state index in [-0.39, 0.29) is 24.5 Å². The average molecular weight is 371 g/mol. The van der Waals surface area contributed by atoms with Crippen molar-refractivity contribution in [1.82, 2.24) is 0 Å². The maximum absolute atomic E-state index is 12.1. The molecule has 0 unspecified atom stereocenters. The van der Waals surface area contributed by atoms with Crippen molar-refractivity contribution in [3.63, 3.8) is 0 Å². The second-order valence-corrected chi connectivity index (χ2v) is 6.96. The number of carbonyl (C=O) groups is 2. The Balaban J connectivity index is 1.54. The molecule has 0 aromatic heterocycles. The van der Waals surface area contributed by atoms with E-state index in [1.807, 2.05) is 30.3 Å². The van der Waals surface area contributed by atoms with Crippen LogP contribution in [0.5, 0.6) is 0 Å². The predicted octanol–water partition coefficient (Wildman–Crippen LogP) is 4.93. The van der Waals surface area contributed by atoms with Crippen LogP contribution in [0.15, 0.2) is 48.5 Å². The Bertz CT molecular complexity index is 771. The van der Waals surface area contributed by atoms with Crippen LogP contribution in [0.1, 0.15) is 42.5 Å². The van der Waals surface area contributed by atoms with E-state index in [9.17, 15) is 9.59 Å². The van der Waals surface area contributed by atoms with E-state index >= 15 is 0 Å². The van der Waals surface area contributed by atoms with E-state index in [0.717, 1.165) is 18.8 Å². The number of anilines is 2. The van der Waals surface area contributed by atoms with Gasteiger partial charge >= 0.3 is 0 Å². The highest BCUT2D eigenvalue weighted by atomic mass is 35.5. The van der Waals surface area contributed by atoms with Crippen LogP contribution in [0, 0.1) is 0 Å². The Hall–Kier alpha value is -2.33. The van der Waals surface area contributed by atoms with Crippen LogP contribution in [0.3, 0.4) is 0 Å². The Labute approximate surface area is 159 Å². The molecule has 2 aromatic rings. The molecule has 0 radical (unpaired) electrons. The maximum atomic E-state index is 12.1. The molecule has 0 spiro atoms. The molecule has 2 aromatic carbocycles. The Morgan fingerprint density at radius 2 is 1.69 bits per heavy atom. The predicted molar refractivity (Wildman–Crippen MR) is 106 cm³/mol. The van der Waals surface area contributed by atoms with Crippen LogP contribution in [-0.4, -0.2) is 24.8 Å². The quantitative estimate of drug-likeness (QED) is 0.733. The molecule has 0 bridgehead atoms. The summed E-state index contributed by atoms with van der Waals surface area (Å²) in [5.41, 5.74) is 2.31. The molecule has 1 fully saturated rings. The van der Waals surface area contributed by atoms with Gasteiger partial charge in [-0.15, -0.1) is 0 Å². The number of Topliss-reactive ketones (excluding diaryl/α,β-unsaturated/α-hetero) is 1. The lowest BCUT2D eigenvalue weighted by Crippen LogP contribution is -2.29. The number of carbonyl (C=O) groups excluding carboxylic acids is 2. The summed E-state index contributed by atoms with van der Waals surface area (Å²) in [5, 5.41) is 3.47. The SMILES string of the molecule is O=C(CCC(=O)c1ccccc1)Nc1ccc(N2CCCCC2)c(Cl)c1. The number of hydrogen-bond acceptors (Lipinski definition) is 3. The average Bonchev–Trinajstić information content (AvgIpc) is 2.67. The number of piperidine rings is 1. The molecular weight excluding hydrogens is 348 g/mol. The third-order valence-electron chi connectivity index (χ3n) is 4.60. The zero-order valence-corrected chi connectivity index (χ0v) is 15.5. The van der Waals surface area contributed by atoms with Gasteiger partial charge in [0.1, 0.15) is 0 Å². The smallest absolute Gasteiger partial charge is 0.224 e. The van der Waals surface area contributed by atoms with Gasteiger partial charge in [0.25, 0.3) is 0 Å². The Morgan fingerprint density at radius 3 is 2.38 bits per heavy atom. The van der Waals surface area contributed by atoms with E-state index in [1.54, 1.807) is 18.2 Å². The molecule has 0 atom stereocenters. The van der Waals surface area contributed by atoms with Gasteiger partial charge in [-0.05, 0) is 37.5 Å². The topological polar surface area (TPSA) is 49.4 Å². The van der Waals surface area contributed by atoms with Gasteiger partial charge in [-0.1, -0.05) is 41.9 Å². The van der Waals surface area contributed by atoms with Crippen molar-refractivity contribution >= 4 is 34.7 Å². The van der Waals surface area contributed by atoms with Crippen LogP contribution in [0.2, 0.25) is 5.02 Å². The fourth-order valence-electron chi connectivity index (χ4n) is 3.19. The standard InChI is InChI=1S/C21H23ClN2O2/c22-18-15-17(9-10-19(18)24-13-5-2-6-14-24)23-21(26)12-11-20(25)16-7-3-1-4-8-16/h1,3-4,7-10,15H,2,5-6,11-14H2,(H,23,26). The molecule has 136 valence electrons. The van der Waals surface area contributed by atoms with Crippen LogP contribution in [-0.2, 0) is 4.79 Å². The van der Waals surface area contributed by atoms with Crippen molar-refractivity contribution in [3.05, 3.63) is 59.1 Å². The van der Waals surface area contributed by atoms with Gasteiger partial charge in [-0.3, -0.25) is 9.59 Å². The zero-order valence-electron chi connectivity index (χ0n) is 14.7. The minimum Gasteiger partial charge on any atom is -0.370 e. The van der Waals surface area contributed by atoms with E-state index in [2.05, 4.69) is 10.2 Å². The molecular formula is C21H23ClN2O2. The summed E-state index contributed by atoms with van der Waals surface area (Å²) in [6.45, 7) is 2.04. The Morgan fingerprint density at radius 1 is 0.962 bits per heavy atom. The Kier molecular flexibility index (Phi) is 6.29. The zero-order chi connectivity index (χ0) is 18.4. The summed E-state index contributed by atoms with van der Waals surface area (Å²) >= 11 is 6.41. The summed E-state index contributed by atoms with van der Waals surface area (Å²) in [7, 11) is 0. The molecule has 1 amide bonds. The van der Waals surface area contributed by atoms with E-state index in [4.69, 9.17) is 11.6 Å². The molecule has 0 saturated carbocycles. The van der Waals surface area contributed by atoms with Crippen molar-refractivity contribution in [2.75, 3.05) is 23.3 Å². The van der Waals surface area contributed by atoms with Crippen molar-refractivity contribution in [2.45, 2.75) is 32.1 Å². The van der Waals surface area contributed by atoms with Crippen molar-refractivity contribution < 1.29 is 9.59 Å². The fourth-order valence-corrected chi connectivity index (χ4v) is 3.49. The summed E-state index contributed by atoms with van der Waals surface area (Å²) in [6, 6.07) is 14.6. The molecule has 1 aliphatic rings. The molecule has 1 N–H and O–H groups in total. The van der Waals surface area contributed by atoms with Crippen molar-refractivity contribution in [1.29, 1.82) is 0 Å². The first-order valence-electron chi connectivity index (χ1n) is 9.06. The van der Waals surface area contributed by atoms with E-state index in [1.165, 1.54) is 19.3 Å². The number of nitrogens with one attached hydrogen (secondary N) is 1. The van der Waals surface area contributed by atoms with Gasteiger partial charge in [-0.25, -0.2) is 0 Å². The molecule has 4 nitrogen and oxygen atoms in total. The monoisotopic (exact) mass is 370 g/mol. The molecule has 0 aliphatic carbocycles. The summed E-state index contributed by atoms with van der Waals surface area (Å²) in [6.07, 6.45) is 3.98. The van der Waals surface area contributed by atoms with Gasteiger partial charge in [-0.2, -0.15) is 0 Å². The van der Waals surface area contributed by atoms with Crippen LogP contribution >= 0.6 is 11.6 Å². The van der Waals surface area contributed by atoms with Gasteiger partial charge in [0.2, 0.25) is 5.91 Å². The summed E-state index contributed by atoms with van der Waals surface area (Å²) in [4.78, 5) is 26.5. The van der Waals surface area contributed by atoms with Gasteiger partial charge in [0.15, 0.2) is 5.78 Å². The second-order valence-electron chi connectivity index (χ2n) is 6.55. The minimum atomic E-state index is -0.184. The minimum absolute atomic E-state index is 0.0285. The molecule has 1 saturated heterocycles. The lowest BCUT2D eigenvalue weighted by atomic mass is 10.1. The van der Waals surface area contributed by atoms with Crippen molar-refractivity contribution in [2.24, 2.45) is 0 Å². The highest BCUT2D eigenvalue weighted by molar-refractivity contribution is 6.33.